The van der Waals surface area contributed by atoms with Gasteiger partial charge in [0, 0.05) is 5.54 Å². The van der Waals surface area contributed by atoms with Gasteiger partial charge in [0.15, 0.2) is 0 Å². The minimum Gasteiger partial charge on any atom is -0.465 e. The second kappa shape index (κ2) is 5.19. The molecular formula is C13H19NO3. The maximum absolute atomic E-state index is 11.3. The van der Waals surface area contributed by atoms with Gasteiger partial charge in [-0.15, -0.1) is 0 Å². The molecule has 1 atom stereocenters. The molecule has 1 aromatic rings. The van der Waals surface area contributed by atoms with Gasteiger partial charge in [-0.05, 0) is 26.3 Å². The molecule has 2 N–H and O–H groups in total. The predicted molar refractivity (Wildman–Crippen MR) is 65.9 cm³/mol. The topological polar surface area (TPSA) is 60.8 Å². The molecule has 1 unspecified atom stereocenters. The third-order valence-corrected chi connectivity index (χ3v) is 2.60. The highest BCUT2D eigenvalue weighted by Gasteiger charge is 2.33. The van der Waals surface area contributed by atoms with Gasteiger partial charge in [-0.2, -0.15) is 0 Å². The normalized spacial score (nSPS) is 13.2. The van der Waals surface area contributed by atoms with Crippen LogP contribution in [-0.4, -0.2) is 33.4 Å². The van der Waals surface area contributed by atoms with E-state index in [0.29, 0.717) is 0 Å². The van der Waals surface area contributed by atoms with Crippen LogP contribution in [0.25, 0.3) is 0 Å². The summed E-state index contributed by atoms with van der Waals surface area (Å²) >= 11 is 0. The molecule has 4 nitrogen and oxygen atoms in total. The van der Waals surface area contributed by atoms with Crippen molar-refractivity contribution >= 4 is 6.09 Å². The molecular weight excluding hydrogens is 218 g/mol. The third kappa shape index (κ3) is 3.20. The monoisotopic (exact) mass is 237 g/mol. The zero-order valence-electron chi connectivity index (χ0n) is 10.4. The first-order valence-electron chi connectivity index (χ1n) is 5.56. The van der Waals surface area contributed by atoms with Crippen LogP contribution < -0.4 is 0 Å². The molecule has 0 aliphatic rings. The van der Waals surface area contributed by atoms with Crippen molar-refractivity contribution in [3.05, 3.63) is 35.9 Å². The van der Waals surface area contributed by atoms with E-state index in [4.69, 9.17) is 0 Å². The zero-order chi connectivity index (χ0) is 13.1. The second-order valence-electron chi connectivity index (χ2n) is 4.93. The van der Waals surface area contributed by atoms with Gasteiger partial charge in [-0.3, -0.25) is 4.90 Å². The highest BCUT2D eigenvalue weighted by Crippen LogP contribution is 2.27. The van der Waals surface area contributed by atoms with Crippen LogP contribution in [0.3, 0.4) is 0 Å². The Morgan fingerprint density at radius 1 is 1.29 bits per heavy atom. The molecule has 0 bridgehead atoms. The standard InChI is InChI=1S/C13H19NO3/c1-13(2,3)14(12(16)17)11(9-15)10-7-5-4-6-8-10/h4-8,11,15H,9H2,1-3H3,(H,16,17). The second-order valence-corrected chi connectivity index (χ2v) is 4.93. The number of aliphatic hydroxyl groups excluding tert-OH is 1. The van der Waals surface area contributed by atoms with Gasteiger partial charge < -0.3 is 10.2 Å². The van der Waals surface area contributed by atoms with Gasteiger partial charge in [-0.1, -0.05) is 30.3 Å². The highest BCUT2D eigenvalue weighted by molar-refractivity contribution is 5.67. The van der Waals surface area contributed by atoms with E-state index >= 15 is 0 Å². The predicted octanol–water partition coefficient (Wildman–Crippen LogP) is 2.50. The minimum atomic E-state index is -1.03. The first-order chi connectivity index (χ1) is 7.88. The van der Waals surface area contributed by atoms with Gasteiger partial charge in [0.05, 0.1) is 12.6 Å². The van der Waals surface area contributed by atoms with Crippen LogP contribution in [0.1, 0.15) is 32.4 Å². The van der Waals surface area contributed by atoms with Gasteiger partial charge in [0.2, 0.25) is 0 Å². The lowest BCUT2D eigenvalue weighted by atomic mass is 9.99. The van der Waals surface area contributed by atoms with Crippen molar-refractivity contribution in [1.29, 1.82) is 0 Å². The summed E-state index contributed by atoms with van der Waals surface area (Å²) in [6, 6.07) is 8.64. The van der Waals surface area contributed by atoms with E-state index in [1.165, 1.54) is 4.90 Å². The maximum Gasteiger partial charge on any atom is 0.408 e. The van der Waals surface area contributed by atoms with E-state index in [1.807, 2.05) is 51.1 Å². The van der Waals surface area contributed by atoms with Crippen LogP contribution in [0.5, 0.6) is 0 Å². The molecule has 0 aliphatic heterocycles. The Hall–Kier alpha value is -1.55. The molecule has 4 heteroatoms. The minimum absolute atomic E-state index is 0.229. The number of amides is 1. The fourth-order valence-electron chi connectivity index (χ4n) is 1.90. The van der Waals surface area contributed by atoms with E-state index in [2.05, 4.69) is 0 Å². The molecule has 0 aliphatic carbocycles. The van der Waals surface area contributed by atoms with Gasteiger partial charge in [0.1, 0.15) is 0 Å². The molecule has 94 valence electrons. The van der Waals surface area contributed by atoms with Crippen LogP contribution in [0, 0.1) is 0 Å². The summed E-state index contributed by atoms with van der Waals surface area (Å²) in [6.45, 7) is 5.21. The number of hydrogen-bond donors (Lipinski definition) is 2. The highest BCUT2D eigenvalue weighted by atomic mass is 16.4. The Balaban J connectivity index is 3.11. The average Bonchev–Trinajstić information content (AvgIpc) is 2.24. The van der Waals surface area contributed by atoms with E-state index in [-0.39, 0.29) is 6.61 Å². The van der Waals surface area contributed by atoms with Crippen molar-refractivity contribution in [2.45, 2.75) is 32.4 Å². The van der Waals surface area contributed by atoms with E-state index < -0.39 is 17.7 Å². The lowest BCUT2D eigenvalue weighted by Crippen LogP contribution is -2.48. The maximum atomic E-state index is 11.3. The molecule has 0 heterocycles. The van der Waals surface area contributed by atoms with Crippen LogP contribution >= 0.6 is 0 Å². The Morgan fingerprint density at radius 3 is 2.18 bits per heavy atom. The summed E-state index contributed by atoms with van der Waals surface area (Å²) in [5.74, 6) is 0. The molecule has 1 rings (SSSR count). The molecule has 0 aromatic heterocycles. The Kier molecular flexibility index (Phi) is 4.12. The lowest BCUT2D eigenvalue weighted by Gasteiger charge is -2.39. The average molecular weight is 237 g/mol. The summed E-state index contributed by atoms with van der Waals surface area (Å²) in [5.41, 5.74) is 0.238. The quantitative estimate of drug-likeness (QED) is 0.849. The van der Waals surface area contributed by atoms with Crippen molar-refractivity contribution in [3.63, 3.8) is 0 Å². The first kappa shape index (κ1) is 13.5. The fraction of sp³-hybridized carbons (Fsp3) is 0.462. The molecule has 1 aromatic carbocycles. The van der Waals surface area contributed by atoms with E-state index in [0.717, 1.165) is 5.56 Å². The number of aliphatic hydroxyl groups is 1. The summed E-state index contributed by atoms with van der Waals surface area (Å²) in [4.78, 5) is 12.6. The SMILES string of the molecule is CC(C)(C)N(C(=O)O)C(CO)c1ccccc1. The van der Waals surface area contributed by atoms with Crippen molar-refractivity contribution in [2.75, 3.05) is 6.61 Å². The smallest absolute Gasteiger partial charge is 0.408 e. The molecule has 0 spiro atoms. The third-order valence-electron chi connectivity index (χ3n) is 2.60. The van der Waals surface area contributed by atoms with Crippen molar-refractivity contribution in [1.82, 2.24) is 4.90 Å². The van der Waals surface area contributed by atoms with E-state index in [1.54, 1.807) is 0 Å². The van der Waals surface area contributed by atoms with Crippen LogP contribution in [0.15, 0.2) is 30.3 Å². The molecule has 0 saturated carbocycles. The number of carboxylic acid groups (broad SMARTS) is 1. The van der Waals surface area contributed by atoms with Crippen molar-refractivity contribution in [2.24, 2.45) is 0 Å². The van der Waals surface area contributed by atoms with Crippen LogP contribution in [-0.2, 0) is 0 Å². The largest absolute Gasteiger partial charge is 0.465 e. The van der Waals surface area contributed by atoms with Crippen molar-refractivity contribution < 1.29 is 15.0 Å². The summed E-state index contributed by atoms with van der Waals surface area (Å²) in [5, 5.41) is 18.7. The van der Waals surface area contributed by atoms with Crippen LogP contribution in [0.2, 0.25) is 0 Å². The fourth-order valence-corrected chi connectivity index (χ4v) is 1.90. The summed E-state index contributed by atoms with van der Waals surface area (Å²) in [6.07, 6.45) is -1.03. The Labute approximate surface area is 101 Å². The first-order valence-corrected chi connectivity index (χ1v) is 5.56. The zero-order valence-corrected chi connectivity index (χ0v) is 10.4. The molecule has 1 amide bonds. The Morgan fingerprint density at radius 2 is 1.82 bits per heavy atom. The number of nitrogens with zero attached hydrogens (tertiary/aromatic N) is 1. The number of hydrogen-bond acceptors (Lipinski definition) is 2. The van der Waals surface area contributed by atoms with Gasteiger partial charge in [-0.25, -0.2) is 4.79 Å². The van der Waals surface area contributed by atoms with Crippen molar-refractivity contribution in [3.8, 4) is 0 Å². The molecule has 0 saturated heterocycles. The molecule has 0 radical (unpaired) electrons. The molecule has 0 fully saturated rings. The summed E-state index contributed by atoms with van der Waals surface area (Å²) in [7, 11) is 0. The number of rotatable bonds is 3. The van der Waals surface area contributed by atoms with Gasteiger partial charge >= 0.3 is 6.09 Å². The Bertz CT molecular complexity index is 370. The summed E-state index contributed by atoms with van der Waals surface area (Å²) < 4.78 is 0. The number of carbonyl (C=O) groups is 1. The van der Waals surface area contributed by atoms with Crippen LogP contribution in [0.4, 0.5) is 4.79 Å². The molecule has 17 heavy (non-hydrogen) atoms. The lowest BCUT2D eigenvalue weighted by molar-refractivity contribution is 0.0458. The van der Waals surface area contributed by atoms with E-state index in [9.17, 15) is 15.0 Å². The number of benzene rings is 1. The van der Waals surface area contributed by atoms with Gasteiger partial charge in [0.25, 0.3) is 0 Å².